The lowest BCUT2D eigenvalue weighted by atomic mass is 10.0. The van der Waals surface area contributed by atoms with Crippen LogP contribution in [0.2, 0.25) is 0 Å². The summed E-state index contributed by atoms with van der Waals surface area (Å²) < 4.78 is 0. The normalized spacial score (nSPS) is 11.6. The smallest absolute Gasteiger partial charge is 0.132 e. The summed E-state index contributed by atoms with van der Waals surface area (Å²) in [6.07, 6.45) is 79.2. The maximum atomic E-state index is 12.3. The maximum absolute atomic E-state index is 12.3. The topological polar surface area (TPSA) is 17.1 Å². The molecule has 0 saturated carbocycles. The molecule has 0 aromatic carbocycles. The summed E-state index contributed by atoms with van der Waals surface area (Å²) in [5.74, 6) is 0.536. The molecule has 1 nitrogen and oxygen atoms in total. The van der Waals surface area contributed by atoms with Crippen molar-refractivity contribution in [1.82, 2.24) is 0 Å². The molecule has 0 aromatic heterocycles. The average Bonchev–Trinajstić information content (AvgIpc) is 3.25. The van der Waals surface area contributed by atoms with Gasteiger partial charge in [-0.3, -0.25) is 4.79 Å². The monoisotopic (exact) mass is 843 g/mol. The van der Waals surface area contributed by atoms with Crippen molar-refractivity contribution in [3.8, 4) is 0 Å². The van der Waals surface area contributed by atoms with Gasteiger partial charge in [0.05, 0.1) is 0 Å². The Bertz CT molecular complexity index is 682. The van der Waals surface area contributed by atoms with Crippen molar-refractivity contribution in [3.05, 3.63) is 0 Å². The van der Waals surface area contributed by atoms with Crippen molar-refractivity contribution in [2.45, 2.75) is 373 Å². The molecule has 0 aliphatic heterocycles. The van der Waals surface area contributed by atoms with E-state index in [-0.39, 0.29) is 0 Å². The first-order chi connectivity index (χ1) is 29.8. The molecule has 0 amide bonds. The van der Waals surface area contributed by atoms with Crippen LogP contribution in [0.5, 0.6) is 0 Å². The number of unbranched alkanes of at least 4 members (excludes halogenated alkanes) is 52. The Balaban J connectivity index is 3.14. The van der Waals surface area contributed by atoms with Crippen LogP contribution in [0.25, 0.3) is 0 Å². The minimum atomic E-state index is 0.536. The van der Waals surface area contributed by atoms with E-state index < -0.39 is 0 Å². The van der Waals surface area contributed by atoms with Gasteiger partial charge in [-0.2, -0.15) is 0 Å². The molecule has 0 spiro atoms. The number of ketones is 1. The quantitative estimate of drug-likeness (QED) is 0.0558. The van der Waals surface area contributed by atoms with E-state index in [1.807, 2.05) is 0 Å². The highest BCUT2D eigenvalue weighted by atomic mass is 16.1. The Morgan fingerprint density at radius 3 is 0.383 bits per heavy atom. The van der Waals surface area contributed by atoms with E-state index >= 15 is 0 Å². The Morgan fingerprint density at radius 1 is 0.167 bits per heavy atom. The van der Waals surface area contributed by atoms with E-state index in [1.54, 1.807) is 0 Å². The number of Topliss-reactive ketones (excluding diaryl/α,β-unsaturated/α-hetero) is 1. The SMILES string of the molecule is CCCCCCCCCCCCCCCCCCCCCCCCCCCCCC(=O)CCCCCCCCCCCCCCCCCCCCCCCCCCCCC. The van der Waals surface area contributed by atoms with Crippen LogP contribution in [0.15, 0.2) is 0 Å². The van der Waals surface area contributed by atoms with Gasteiger partial charge in [0.1, 0.15) is 5.78 Å². The van der Waals surface area contributed by atoms with Crippen LogP contribution in [0, 0.1) is 0 Å². The van der Waals surface area contributed by atoms with Gasteiger partial charge in [0.25, 0.3) is 0 Å². The second-order valence-electron chi connectivity index (χ2n) is 20.4. The highest BCUT2D eigenvalue weighted by Crippen LogP contribution is 2.19. The molecule has 60 heavy (non-hydrogen) atoms. The summed E-state index contributed by atoms with van der Waals surface area (Å²) >= 11 is 0. The molecule has 0 fully saturated rings. The maximum Gasteiger partial charge on any atom is 0.132 e. The van der Waals surface area contributed by atoms with Gasteiger partial charge in [-0.25, -0.2) is 0 Å². The third kappa shape index (κ3) is 55.7. The molecule has 360 valence electrons. The van der Waals surface area contributed by atoms with Crippen molar-refractivity contribution < 1.29 is 4.79 Å². The van der Waals surface area contributed by atoms with Crippen molar-refractivity contribution in [2.75, 3.05) is 0 Å². The molecular formula is C59H118O. The van der Waals surface area contributed by atoms with Crippen LogP contribution in [0.4, 0.5) is 0 Å². The summed E-state index contributed by atoms with van der Waals surface area (Å²) in [7, 11) is 0. The van der Waals surface area contributed by atoms with E-state index in [0.717, 1.165) is 25.7 Å². The summed E-state index contributed by atoms with van der Waals surface area (Å²) in [6.45, 7) is 4.62. The van der Waals surface area contributed by atoms with E-state index in [2.05, 4.69) is 13.8 Å². The van der Waals surface area contributed by atoms with E-state index in [4.69, 9.17) is 0 Å². The van der Waals surface area contributed by atoms with Gasteiger partial charge in [0.15, 0.2) is 0 Å². The molecule has 0 saturated heterocycles. The Labute approximate surface area is 382 Å². The van der Waals surface area contributed by atoms with Gasteiger partial charge in [-0.15, -0.1) is 0 Å². The fourth-order valence-corrected chi connectivity index (χ4v) is 9.75. The zero-order valence-corrected chi connectivity index (χ0v) is 42.5. The molecule has 0 unspecified atom stereocenters. The first-order valence-electron chi connectivity index (χ1n) is 29.3. The summed E-state index contributed by atoms with van der Waals surface area (Å²) in [4.78, 5) is 12.3. The van der Waals surface area contributed by atoms with Crippen LogP contribution in [-0.2, 0) is 4.79 Å². The lowest BCUT2D eigenvalue weighted by Crippen LogP contribution is -1.97. The molecule has 0 atom stereocenters. The third-order valence-corrected chi connectivity index (χ3v) is 14.1. The average molecular weight is 844 g/mol. The fraction of sp³-hybridized carbons (Fsp3) is 0.983. The summed E-state index contributed by atoms with van der Waals surface area (Å²) in [5, 5.41) is 0. The molecule has 0 aliphatic carbocycles. The molecule has 0 radical (unpaired) electrons. The van der Waals surface area contributed by atoms with E-state index in [0.29, 0.717) is 5.78 Å². The van der Waals surface area contributed by atoms with Crippen LogP contribution in [0.1, 0.15) is 373 Å². The standard InChI is InChI=1S/C59H118O/c1-3-5-7-9-11-13-15-17-19-21-23-25-27-29-31-33-35-37-39-41-43-45-47-49-51-53-55-57-59(60)58-56-54-52-50-48-46-44-42-40-38-36-34-32-30-28-26-24-22-20-18-16-14-12-10-8-6-4-2/h3-58H2,1-2H3. The highest BCUT2D eigenvalue weighted by molar-refractivity contribution is 5.78. The third-order valence-electron chi connectivity index (χ3n) is 14.1. The van der Waals surface area contributed by atoms with Gasteiger partial charge in [0, 0.05) is 12.8 Å². The van der Waals surface area contributed by atoms with Crippen molar-refractivity contribution in [3.63, 3.8) is 0 Å². The lowest BCUT2D eigenvalue weighted by molar-refractivity contribution is -0.119. The fourth-order valence-electron chi connectivity index (χ4n) is 9.75. The minimum absolute atomic E-state index is 0.536. The predicted octanol–water partition coefficient (Wildman–Crippen LogP) is 22.4. The first-order valence-corrected chi connectivity index (χ1v) is 29.3. The molecule has 0 N–H and O–H groups in total. The van der Waals surface area contributed by atoms with Crippen molar-refractivity contribution >= 4 is 5.78 Å². The van der Waals surface area contributed by atoms with Crippen LogP contribution in [-0.4, -0.2) is 5.78 Å². The van der Waals surface area contributed by atoms with E-state index in [9.17, 15) is 4.79 Å². The number of hydrogen-bond donors (Lipinski definition) is 0. The van der Waals surface area contributed by atoms with Crippen LogP contribution in [0.3, 0.4) is 0 Å². The van der Waals surface area contributed by atoms with Gasteiger partial charge < -0.3 is 0 Å². The Kier molecular flexibility index (Phi) is 56.4. The molecule has 1 heteroatoms. The zero-order valence-electron chi connectivity index (χ0n) is 42.5. The summed E-state index contributed by atoms with van der Waals surface area (Å²) in [6, 6.07) is 0. The first kappa shape index (κ1) is 59.7. The summed E-state index contributed by atoms with van der Waals surface area (Å²) in [5.41, 5.74) is 0. The van der Waals surface area contributed by atoms with Gasteiger partial charge in [0.2, 0.25) is 0 Å². The van der Waals surface area contributed by atoms with Crippen molar-refractivity contribution in [2.24, 2.45) is 0 Å². The molecule has 0 aromatic rings. The number of hydrogen-bond acceptors (Lipinski definition) is 1. The van der Waals surface area contributed by atoms with Crippen molar-refractivity contribution in [1.29, 1.82) is 0 Å². The molecule has 0 bridgehead atoms. The van der Waals surface area contributed by atoms with Crippen LogP contribution >= 0.6 is 0 Å². The number of carbonyl (C=O) groups is 1. The lowest BCUT2D eigenvalue weighted by Gasteiger charge is -2.05. The highest BCUT2D eigenvalue weighted by Gasteiger charge is 2.03. The Morgan fingerprint density at radius 2 is 0.267 bits per heavy atom. The second-order valence-corrected chi connectivity index (χ2v) is 20.4. The van der Waals surface area contributed by atoms with Gasteiger partial charge in [-0.1, -0.05) is 348 Å². The molecular weight excluding hydrogens is 725 g/mol. The Hall–Kier alpha value is -0.330. The van der Waals surface area contributed by atoms with Gasteiger partial charge in [-0.05, 0) is 12.8 Å². The zero-order chi connectivity index (χ0) is 43.2. The number of carbonyl (C=O) groups excluding carboxylic acids is 1. The second kappa shape index (κ2) is 56.7. The predicted molar refractivity (Wildman–Crippen MR) is 275 cm³/mol. The molecule has 0 aliphatic rings. The van der Waals surface area contributed by atoms with Gasteiger partial charge >= 0.3 is 0 Å². The number of rotatable bonds is 56. The minimum Gasteiger partial charge on any atom is -0.300 e. The largest absolute Gasteiger partial charge is 0.300 e. The van der Waals surface area contributed by atoms with Crippen LogP contribution < -0.4 is 0 Å². The van der Waals surface area contributed by atoms with E-state index in [1.165, 1.54) is 334 Å². The molecule has 0 heterocycles. The molecule has 0 rings (SSSR count).